The SMILES string of the molecule is CCSc1nc(-c2ccc(N(C)CCOC)c(OC)c2)cc2nccn12. The van der Waals surface area contributed by atoms with Crippen molar-refractivity contribution in [3.63, 3.8) is 0 Å². The molecule has 138 valence electrons. The maximum absolute atomic E-state index is 5.62. The number of rotatable bonds is 8. The third kappa shape index (κ3) is 3.78. The van der Waals surface area contributed by atoms with Gasteiger partial charge < -0.3 is 14.4 Å². The zero-order valence-electron chi connectivity index (χ0n) is 15.6. The molecule has 0 aliphatic rings. The molecule has 0 saturated carbocycles. The summed E-state index contributed by atoms with van der Waals surface area (Å²) in [6.45, 7) is 3.58. The maximum Gasteiger partial charge on any atom is 0.174 e. The van der Waals surface area contributed by atoms with Gasteiger partial charge in [-0.25, -0.2) is 9.97 Å². The van der Waals surface area contributed by atoms with Gasteiger partial charge in [-0.2, -0.15) is 0 Å². The van der Waals surface area contributed by atoms with Crippen molar-refractivity contribution in [1.82, 2.24) is 14.4 Å². The highest BCUT2D eigenvalue weighted by atomic mass is 32.2. The summed E-state index contributed by atoms with van der Waals surface area (Å²) in [5.74, 6) is 1.77. The maximum atomic E-state index is 5.62. The minimum Gasteiger partial charge on any atom is -0.495 e. The average Bonchev–Trinajstić information content (AvgIpc) is 3.14. The second-order valence-electron chi connectivity index (χ2n) is 5.81. The first-order valence-electron chi connectivity index (χ1n) is 8.53. The Labute approximate surface area is 158 Å². The van der Waals surface area contributed by atoms with Gasteiger partial charge in [0.05, 0.1) is 25.1 Å². The molecule has 0 bridgehead atoms. The predicted molar refractivity (Wildman–Crippen MR) is 107 cm³/mol. The van der Waals surface area contributed by atoms with Crippen LogP contribution in [-0.4, -0.2) is 54.5 Å². The molecule has 0 amide bonds. The van der Waals surface area contributed by atoms with Crippen LogP contribution in [0.3, 0.4) is 0 Å². The number of thioether (sulfide) groups is 1. The standard InChI is InChI=1S/C19H24N4O2S/c1-5-26-19-21-15(13-18-20-8-9-23(18)19)14-6-7-16(17(12-14)25-4)22(2)10-11-24-3/h6-9,12-13H,5,10-11H2,1-4H3. The van der Waals surface area contributed by atoms with Crippen LogP contribution >= 0.6 is 11.8 Å². The van der Waals surface area contributed by atoms with E-state index in [9.17, 15) is 0 Å². The minimum atomic E-state index is 0.664. The fraction of sp³-hybridized carbons (Fsp3) is 0.368. The highest BCUT2D eigenvalue weighted by Gasteiger charge is 2.13. The van der Waals surface area contributed by atoms with Gasteiger partial charge >= 0.3 is 0 Å². The number of aromatic nitrogens is 3. The monoisotopic (exact) mass is 372 g/mol. The van der Waals surface area contributed by atoms with E-state index in [4.69, 9.17) is 14.5 Å². The molecule has 3 aromatic rings. The molecule has 0 N–H and O–H groups in total. The van der Waals surface area contributed by atoms with Crippen LogP contribution < -0.4 is 9.64 Å². The van der Waals surface area contributed by atoms with Crippen molar-refractivity contribution in [2.45, 2.75) is 12.1 Å². The number of benzene rings is 1. The molecule has 3 rings (SSSR count). The van der Waals surface area contributed by atoms with E-state index in [2.05, 4.69) is 28.9 Å². The highest BCUT2D eigenvalue weighted by molar-refractivity contribution is 7.99. The van der Waals surface area contributed by atoms with Crippen LogP contribution in [0.2, 0.25) is 0 Å². The van der Waals surface area contributed by atoms with Crippen molar-refractivity contribution in [2.75, 3.05) is 45.1 Å². The van der Waals surface area contributed by atoms with Crippen LogP contribution in [0, 0.1) is 0 Å². The summed E-state index contributed by atoms with van der Waals surface area (Å²) in [7, 11) is 5.43. The van der Waals surface area contributed by atoms with Crippen LogP contribution in [0.5, 0.6) is 5.75 Å². The van der Waals surface area contributed by atoms with Crippen molar-refractivity contribution in [3.05, 3.63) is 36.7 Å². The van der Waals surface area contributed by atoms with E-state index in [0.717, 1.165) is 45.8 Å². The second-order valence-corrected chi connectivity index (χ2v) is 7.04. The molecule has 0 radical (unpaired) electrons. The average molecular weight is 372 g/mol. The Morgan fingerprint density at radius 1 is 1.23 bits per heavy atom. The lowest BCUT2D eigenvalue weighted by atomic mass is 10.1. The number of methoxy groups -OCH3 is 2. The molecule has 0 saturated heterocycles. The Bertz CT molecular complexity index is 881. The Morgan fingerprint density at radius 2 is 2.08 bits per heavy atom. The molecule has 0 atom stereocenters. The van der Waals surface area contributed by atoms with Gasteiger partial charge in [0.2, 0.25) is 0 Å². The normalized spacial score (nSPS) is 11.1. The lowest BCUT2D eigenvalue weighted by molar-refractivity contribution is 0.206. The number of hydrogen-bond donors (Lipinski definition) is 0. The molecular weight excluding hydrogens is 348 g/mol. The molecule has 1 aromatic carbocycles. The van der Waals surface area contributed by atoms with Gasteiger partial charge in [0.25, 0.3) is 0 Å². The van der Waals surface area contributed by atoms with Gasteiger partial charge in [0, 0.05) is 44.7 Å². The number of hydrogen-bond acceptors (Lipinski definition) is 6. The lowest BCUT2D eigenvalue weighted by Gasteiger charge is -2.22. The summed E-state index contributed by atoms with van der Waals surface area (Å²) < 4.78 is 12.8. The largest absolute Gasteiger partial charge is 0.495 e. The summed E-state index contributed by atoms with van der Waals surface area (Å²) in [4.78, 5) is 11.4. The zero-order chi connectivity index (χ0) is 18.5. The van der Waals surface area contributed by atoms with E-state index in [-0.39, 0.29) is 0 Å². The molecule has 0 aliphatic heterocycles. The summed E-state index contributed by atoms with van der Waals surface area (Å²) in [6.07, 6.45) is 3.74. The topological polar surface area (TPSA) is 51.9 Å². The van der Waals surface area contributed by atoms with Crippen molar-refractivity contribution in [2.24, 2.45) is 0 Å². The molecule has 0 fully saturated rings. The third-order valence-electron chi connectivity index (χ3n) is 4.15. The minimum absolute atomic E-state index is 0.664. The van der Waals surface area contributed by atoms with Crippen LogP contribution in [0.25, 0.3) is 16.9 Å². The summed E-state index contributed by atoms with van der Waals surface area (Å²) >= 11 is 1.70. The van der Waals surface area contributed by atoms with E-state index < -0.39 is 0 Å². The fourth-order valence-electron chi connectivity index (χ4n) is 2.77. The van der Waals surface area contributed by atoms with Crippen LogP contribution in [0.4, 0.5) is 5.69 Å². The summed E-state index contributed by atoms with van der Waals surface area (Å²) in [5.41, 5.74) is 3.82. The Hall–Kier alpha value is -2.25. The first-order chi connectivity index (χ1) is 12.7. The Morgan fingerprint density at radius 3 is 2.81 bits per heavy atom. The van der Waals surface area contributed by atoms with E-state index in [1.165, 1.54) is 0 Å². The number of ether oxygens (including phenoxy) is 2. The molecule has 2 aromatic heterocycles. The molecule has 0 unspecified atom stereocenters. The number of likely N-dealkylation sites (N-methyl/N-ethyl adjacent to an activating group) is 1. The molecule has 7 heteroatoms. The number of anilines is 1. The fourth-order valence-corrected chi connectivity index (χ4v) is 3.49. The second kappa shape index (κ2) is 8.42. The highest BCUT2D eigenvalue weighted by Crippen LogP contribution is 2.33. The molecule has 6 nitrogen and oxygen atoms in total. The molecule has 0 aliphatic carbocycles. The predicted octanol–water partition coefficient (Wildman–Crippen LogP) is 3.60. The quantitative estimate of drug-likeness (QED) is 0.445. The van der Waals surface area contributed by atoms with Gasteiger partial charge in [-0.05, 0) is 17.9 Å². The summed E-state index contributed by atoms with van der Waals surface area (Å²) in [5, 5.41) is 0.942. The van der Waals surface area contributed by atoms with Crippen molar-refractivity contribution in [3.8, 4) is 17.0 Å². The number of nitrogens with zero attached hydrogens (tertiary/aromatic N) is 4. The molecule has 2 heterocycles. The molecule has 26 heavy (non-hydrogen) atoms. The van der Waals surface area contributed by atoms with Gasteiger partial charge in [-0.15, -0.1) is 0 Å². The van der Waals surface area contributed by atoms with Crippen molar-refractivity contribution < 1.29 is 9.47 Å². The van der Waals surface area contributed by atoms with E-state index in [1.807, 2.05) is 29.8 Å². The Balaban J connectivity index is 2.00. The third-order valence-corrected chi connectivity index (χ3v) is 4.98. The van der Waals surface area contributed by atoms with Gasteiger partial charge in [0.1, 0.15) is 11.4 Å². The van der Waals surface area contributed by atoms with Gasteiger partial charge in [0.15, 0.2) is 5.16 Å². The summed E-state index contributed by atoms with van der Waals surface area (Å²) in [6, 6.07) is 8.17. The number of fused-ring (bicyclic) bond motifs is 1. The molecular formula is C19H24N4O2S. The van der Waals surface area contributed by atoms with Crippen molar-refractivity contribution in [1.29, 1.82) is 0 Å². The lowest BCUT2D eigenvalue weighted by Crippen LogP contribution is -2.22. The van der Waals surface area contributed by atoms with Crippen LogP contribution in [0.1, 0.15) is 6.92 Å². The smallest absolute Gasteiger partial charge is 0.174 e. The van der Waals surface area contributed by atoms with Gasteiger partial charge in [-0.1, -0.05) is 24.8 Å². The zero-order valence-corrected chi connectivity index (χ0v) is 16.4. The Kier molecular flexibility index (Phi) is 6.00. The van der Waals surface area contributed by atoms with Crippen LogP contribution in [0.15, 0.2) is 41.8 Å². The van der Waals surface area contributed by atoms with Crippen LogP contribution in [-0.2, 0) is 4.74 Å². The van der Waals surface area contributed by atoms with E-state index >= 15 is 0 Å². The first kappa shape index (κ1) is 18.5. The van der Waals surface area contributed by atoms with Crippen molar-refractivity contribution >= 4 is 23.1 Å². The van der Waals surface area contributed by atoms with E-state index in [0.29, 0.717) is 6.61 Å². The van der Waals surface area contributed by atoms with Gasteiger partial charge in [-0.3, -0.25) is 4.40 Å². The first-order valence-corrected chi connectivity index (χ1v) is 9.51. The van der Waals surface area contributed by atoms with E-state index in [1.54, 1.807) is 32.2 Å². The molecule has 0 spiro atoms. The number of imidazole rings is 1.